The highest BCUT2D eigenvalue weighted by Crippen LogP contribution is 2.35. The van der Waals surface area contributed by atoms with Gasteiger partial charge in [0.2, 0.25) is 0 Å². The van der Waals surface area contributed by atoms with E-state index in [1.165, 1.54) is 0 Å². The molecule has 2 unspecified atom stereocenters. The average molecular weight is 324 g/mol. The van der Waals surface area contributed by atoms with Gasteiger partial charge >= 0.3 is 0 Å². The van der Waals surface area contributed by atoms with Crippen LogP contribution in [0.1, 0.15) is 18.0 Å². The Hall–Kier alpha value is -0.200. The Morgan fingerprint density at radius 1 is 1.59 bits per heavy atom. The lowest BCUT2D eigenvalue weighted by Gasteiger charge is -2.22. The quantitative estimate of drug-likeness (QED) is 0.511. The van der Waals surface area contributed by atoms with Gasteiger partial charge in [0.25, 0.3) is 0 Å². The molecule has 1 aliphatic heterocycles. The third-order valence-corrected chi connectivity index (χ3v) is 4.27. The molecule has 2 atom stereocenters. The molecule has 17 heavy (non-hydrogen) atoms. The molecule has 0 radical (unpaired) electrons. The molecule has 1 aliphatic rings. The van der Waals surface area contributed by atoms with E-state index in [9.17, 15) is 4.39 Å². The number of benzene rings is 1. The molecule has 94 valence electrons. The molecule has 2 rings (SSSR count). The van der Waals surface area contributed by atoms with Crippen molar-refractivity contribution in [1.82, 2.24) is 5.43 Å². The molecule has 0 bridgehead atoms. The van der Waals surface area contributed by atoms with E-state index in [1.54, 1.807) is 12.1 Å². The Morgan fingerprint density at radius 2 is 2.35 bits per heavy atom. The van der Waals surface area contributed by atoms with Gasteiger partial charge in [0.15, 0.2) is 0 Å². The summed E-state index contributed by atoms with van der Waals surface area (Å²) in [5.41, 5.74) is 3.14. The Balaban J connectivity index is 2.33. The molecule has 1 heterocycles. The second kappa shape index (κ2) is 5.63. The highest BCUT2D eigenvalue weighted by molar-refractivity contribution is 9.10. The fourth-order valence-electron chi connectivity index (χ4n) is 2.08. The summed E-state index contributed by atoms with van der Waals surface area (Å²) in [4.78, 5) is 0. The zero-order valence-corrected chi connectivity index (χ0v) is 11.4. The Kier molecular flexibility index (Phi) is 4.38. The first kappa shape index (κ1) is 13.2. The molecule has 1 aromatic carbocycles. The summed E-state index contributed by atoms with van der Waals surface area (Å²) < 4.78 is 19.9. The zero-order valence-electron chi connectivity index (χ0n) is 9.05. The van der Waals surface area contributed by atoms with Crippen molar-refractivity contribution in [3.8, 4) is 0 Å². The number of hydrazine groups is 1. The van der Waals surface area contributed by atoms with E-state index in [0.29, 0.717) is 23.2 Å². The summed E-state index contributed by atoms with van der Waals surface area (Å²) in [7, 11) is 0. The molecule has 0 aromatic heterocycles. The van der Waals surface area contributed by atoms with E-state index in [2.05, 4.69) is 21.4 Å². The largest absolute Gasteiger partial charge is 0.381 e. The predicted molar refractivity (Wildman–Crippen MR) is 68.1 cm³/mol. The fraction of sp³-hybridized carbons (Fsp3) is 0.455. The van der Waals surface area contributed by atoms with Gasteiger partial charge in [0.05, 0.1) is 17.7 Å². The molecule has 1 aromatic rings. The van der Waals surface area contributed by atoms with Crippen molar-refractivity contribution < 1.29 is 9.13 Å². The summed E-state index contributed by atoms with van der Waals surface area (Å²) in [6.07, 6.45) is 0.863. The lowest BCUT2D eigenvalue weighted by Crippen LogP contribution is -2.34. The van der Waals surface area contributed by atoms with Crippen LogP contribution in [0.15, 0.2) is 16.6 Å². The van der Waals surface area contributed by atoms with Crippen LogP contribution in [0.2, 0.25) is 5.02 Å². The lowest BCUT2D eigenvalue weighted by atomic mass is 9.92. The van der Waals surface area contributed by atoms with Crippen molar-refractivity contribution in [1.29, 1.82) is 0 Å². The number of nitrogens with one attached hydrogen (secondary N) is 1. The third kappa shape index (κ3) is 2.63. The molecule has 3 N–H and O–H groups in total. The topological polar surface area (TPSA) is 47.3 Å². The molecular formula is C11H13BrClFN2O. The maximum absolute atomic E-state index is 14.1. The average Bonchev–Trinajstić information content (AvgIpc) is 2.84. The highest BCUT2D eigenvalue weighted by Gasteiger charge is 2.29. The molecule has 3 nitrogen and oxygen atoms in total. The molecule has 6 heteroatoms. The van der Waals surface area contributed by atoms with E-state index in [0.717, 1.165) is 6.42 Å². The SMILES string of the molecule is NNC(c1ccc(Br)c(Cl)c1F)C1CCOC1. The van der Waals surface area contributed by atoms with Gasteiger partial charge in [0.1, 0.15) is 5.82 Å². The maximum atomic E-state index is 14.1. The smallest absolute Gasteiger partial charge is 0.147 e. The molecule has 0 spiro atoms. The van der Waals surface area contributed by atoms with Crippen molar-refractivity contribution >= 4 is 27.5 Å². The van der Waals surface area contributed by atoms with Crippen LogP contribution in [0.5, 0.6) is 0 Å². The third-order valence-electron chi connectivity index (χ3n) is 3.02. The van der Waals surface area contributed by atoms with Crippen LogP contribution in [-0.2, 0) is 4.74 Å². The summed E-state index contributed by atoms with van der Waals surface area (Å²) in [6, 6.07) is 3.14. The number of nitrogens with two attached hydrogens (primary N) is 1. The van der Waals surface area contributed by atoms with E-state index in [1.807, 2.05) is 0 Å². The molecule has 1 saturated heterocycles. The van der Waals surface area contributed by atoms with Gasteiger partial charge in [-0.2, -0.15) is 0 Å². The van der Waals surface area contributed by atoms with Crippen molar-refractivity contribution in [2.24, 2.45) is 11.8 Å². The first-order valence-electron chi connectivity index (χ1n) is 5.32. The van der Waals surface area contributed by atoms with Crippen LogP contribution in [0.4, 0.5) is 4.39 Å². The normalized spacial score (nSPS) is 21.8. The van der Waals surface area contributed by atoms with Gasteiger partial charge in [-0.25, -0.2) is 4.39 Å². The van der Waals surface area contributed by atoms with E-state index < -0.39 is 5.82 Å². The fourth-order valence-corrected chi connectivity index (χ4v) is 2.55. The van der Waals surface area contributed by atoms with Gasteiger partial charge in [0, 0.05) is 22.6 Å². The maximum Gasteiger partial charge on any atom is 0.147 e. The van der Waals surface area contributed by atoms with Crippen LogP contribution in [-0.4, -0.2) is 13.2 Å². The second-order valence-corrected chi connectivity index (χ2v) is 5.26. The molecule has 1 fully saturated rings. The van der Waals surface area contributed by atoms with Crippen LogP contribution < -0.4 is 11.3 Å². The van der Waals surface area contributed by atoms with Gasteiger partial charge in [-0.15, -0.1) is 0 Å². The monoisotopic (exact) mass is 322 g/mol. The van der Waals surface area contributed by atoms with E-state index in [-0.39, 0.29) is 17.0 Å². The van der Waals surface area contributed by atoms with Crippen molar-refractivity contribution in [3.63, 3.8) is 0 Å². The number of rotatable bonds is 3. The van der Waals surface area contributed by atoms with E-state index in [4.69, 9.17) is 22.2 Å². The number of hydrogen-bond acceptors (Lipinski definition) is 3. The van der Waals surface area contributed by atoms with Gasteiger partial charge in [-0.1, -0.05) is 17.7 Å². The standard InChI is InChI=1S/C11H13BrClFN2O/c12-8-2-1-7(10(14)9(8)13)11(16-15)6-3-4-17-5-6/h1-2,6,11,16H,3-5,15H2. The van der Waals surface area contributed by atoms with Crippen LogP contribution in [0.3, 0.4) is 0 Å². The summed E-state index contributed by atoms with van der Waals surface area (Å²) in [6.45, 7) is 1.27. The number of halogens is 3. The molecule has 0 saturated carbocycles. The van der Waals surface area contributed by atoms with Crippen molar-refractivity contribution in [2.75, 3.05) is 13.2 Å². The Bertz CT molecular complexity index is 413. The van der Waals surface area contributed by atoms with E-state index >= 15 is 0 Å². The first-order valence-corrected chi connectivity index (χ1v) is 6.49. The van der Waals surface area contributed by atoms with Gasteiger partial charge in [-0.05, 0) is 28.4 Å². The molecule has 0 aliphatic carbocycles. The summed E-state index contributed by atoms with van der Waals surface area (Å²) in [5, 5.41) is 0.0849. The van der Waals surface area contributed by atoms with Crippen LogP contribution in [0, 0.1) is 11.7 Å². The lowest BCUT2D eigenvalue weighted by molar-refractivity contribution is 0.176. The molecular weight excluding hydrogens is 310 g/mol. The second-order valence-electron chi connectivity index (χ2n) is 4.03. The Labute approximate surface area is 113 Å². The number of hydrogen-bond donors (Lipinski definition) is 2. The van der Waals surface area contributed by atoms with Crippen LogP contribution >= 0.6 is 27.5 Å². The minimum absolute atomic E-state index is 0.0849. The first-order chi connectivity index (χ1) is 8.15. The number of ether oxygens (including phenoxy) is 1. The summed E-state index contributed by atoms with van der Waals surface area (Å²) >= 11 is 9.06. The van der Waals surface area contributed by atoms with Crippen molar-refractivity contribution in [3.05, 3.63) is 33.0 Å². The predicted octanol–water partition coefficient (Wildman–Crippen LogP) is 2.78. The minimum Gasteiger partial charge on any atom is -0.381 e. The van der Waals surface area contributed by atoms with Gasteiger partial charge in [-0.3, -0.25) is 11.3 Å². The van der Waals surface area contributed by atoms with Crippen LogP contribution in [0.25, 0.3) is 0 Å². The van der Waals surface area contributed by atoms with Crippen molar-refractivity contribution in [2.45, 2.75) is 12.5 Å². The highest BCUT2D eigenvalue weighted by atomic mass is 79.9. The van der Waals surface area contributed by atoms with Gasteiger partial charge < -0.3 is 4.74 Å². The molecule has 0 amide bonds. The zero-order chi connectivity index (χ0) is 12.4. The Morgan fingerprint density at radius 3 is 2.94 bits per heavy atom. The minimum atomic E-state index is -0.434. The summed E-state index contributed by atoms with van der Waals surface area (Å²) in [5.74, 6) is 5.25.